The average Bonchev–Trinajstić information content (AvgIpc) is 2.64. The van der Waals surface area contributed by atoms with Crippen LogP contribution in [0.15, 0.2) is 42.5 Å². The topological polar surface area (TPSA) is 48.0 Å². The van der Waals surface area contributed by atoms with Crippen LogP contribution in [-0.4, -0.2) is 41.2 Å². The quantitative estimate of drug-likeness (QED) is 0.568. The first-order valence-corrected chi connectivity index (χ1v) is 7.80. The van der Waals surface area contributed by atoms with E-state index in [1.807, 2.05) is 49.3 Å². The predicted molar refractivity (Wildman–Crippen MR) is 100 cm³/mol. The fraction of sp³-hybridized carbons (Fsp3) is 0.250. The van der Waals surface area contributed by atoms with Crippen LogP contribution in [0, 0.1) is 0 Å². The van der Waals surface area contributed by atoms with Gasteiger partial charge in [-0.25, -0.2) is 0 Å². The van der Waals surface area contributed by atoms with Crippen molar-refractivity contribution < 1.29 is 19.0 Å². The first kappa shape index (κ1) is 18.4. The van der Waals surface area contributed by atoms with E-state index in [9.17, 15) is 4.79 Å². The molecule has 25 heavy (non-hydrogen) atoms. The van der Waals surface area contributed by atoms with Gasteiger partial charge in [-0.05, 0) is 48.6 Å². The highest BCUT2D eigenvalue weighted by atomic mass is 16.5. The molecule has 0 spiro atoms. The van der Waals surface area contributed by atoms with Crippen LogP contribution < -0.4 is 19.1 Å². The van der Waals surface area contributed by atoms with Gasteiger partial charge in [-0.2, -0.15) is 0 Å². The minimum Gasteiger partial charge on any atom is -0.493 e. The Labute approximate surface area is 148 Å². The van der Waals surface area contributed by atoms with E-state index in [0.29, 0.717) is 22.8 Å². The highest BCUT2D eigenvalue weighted by molar-refractivity contribution is 6.07. The Morgan fingerprint density at radius 3 is 2.04 bits per heavy atom. The maximum absolute atomic E-state index is 12.4. The van der Waals surface area contributed by atoms with Crippen molar-refractivity contribution in [2.24, 2.45) is 0 Å². The van der Waals surface area contributed by atoms with E-state index in [1.54, 1.807) is 33.5 Å². The summed E-state index contributed by atoms with van der Waals surface area (Å²) < 4.78 is 16.0. The summed E-state index contributed by atoms with van der Waals surface area (Å²) in [5.74, 6) is 1.51. The molecule has 0 atom stereocenters. The van der Waals surface area contributed by atoms with Gasteiger partial charge in [-0.3, -0.25) is 4.79 Å². The molecule has 2 aromatic rings. The number of hydrogen-bond donors (Lipinski definition) is 0. The van der Waals surface area contributed by atoms with E-state index in [2.05, 4.69) is 0 Å². The number of methoxy groups -OCH3 is 3. The van der Waals surface area contributed by atoms with Gasteiger partial charge >= 0.3 is 0 Å². The van der Waals surface area contributed by atoms with E-state index in [0.717, 1.165) is 11.3 Å². The van der Waals surface area contributed by atoms with Crippen LogP contribution in [0.1, 0.15) is 15.9 Å². The van der Waals surface area contributed by atoms with Crippen molar-refractivity contribution in [3.05, 3.63) is 53.6 Å². The van der Waals surface area contributed by atoms with E-state index >= 15 is 0 Å². The fourth-order valence-corrected chi connectivity index (χ4v) is 2.44. The molecular formula is C20H23NO4. The van der Waals surface area contributed by atoms with Gasteiger partial charge in [-0.15, -0.1) is 0 Å². The largest absolute Gasteiger partial charge is 0.493 e. The molecule has 132 valence electrons. The van der Waals surface area contributed by atoms with E-state index in [-0.39, 0.29) is 5.78 Å². The predicted octanol–water partition coefficient (Wildman–Crippen LogP) is 3.67. The number of rotatable bonds is 7. The van der Waals surface area contributed by atoms with Gasteiger partial charge in [0.15, 0.2) is 17.3 Å². The second-order valence-corrected chi connectivity index (χ2v) is 5.56. The van der Waals surface area contributed by atoms with Crippen LogP contribution in [0.25, 0.3) is 6.08 Å². The molecule has 0 aliphatic rings. The molecule has 5 nitrogen and oxygen atoms in total. The Morgan fingerprint density at radius 2 is 1.52 bits per heavy atom. The van der Waals surface area contributed by atoms with E-state index < -0.39 is 0 Å². The lowest BCUT2D eigenvalue weighted by Crippen LogP contribution is -2.08. The third-order valence-electron chi connectivity index (χ3n) is 3.82. The molecular weight excluding hydrogens is 318 g/mol. The third-order valence-corrected chi connectivity index (χ3v) is 3.82. The second-order valence-electron chi connectivity index (χ2n) is 5.56. The maximum Gasteiger partial charge on any atom is 0.203 e. The summed E-state index contributed by atoms with van der Waals surface area (Å²) in [4.78, 5) is 14.4. The van der Waals surface area contributed by atoms with Gasteiger partial charge in [0.1, 0.15) is 0 Å². The highest BCUT2D eigenvalue weighted by Crippen LogP contribution is 2.40. The zero-order chi connectivity index (χ0) is 18.4. The molecule has 0 amide bonds. The molecule has 2 rings (SSSR count). The zero-order valence-electron chi connectivity index (χ0n) is 15.2. The molecule has 0 saturated heterocycles. The Morgan fingerprint density at radius 1 is 0.880 bits per heavy atom. The van der Waals surface area contributed by atoms with E-state index in [1.165, 1.54) is 6.08 Å². The maximum atomic E-state index is 12.4. The Hall–Kier alpha value is -2.95. The van der Waals surface area contributed by atoms with Crippen molar-refractivity contribution in [3.63, 3.8) is 0 Å². The summed E-state index contributed by atoms with van der Waals surface area (Å²) in [6.07, 6.45) is 3.23. The summed E-state index contributed by atoms with van der Waals surface area (Å²) in [6.45, 7) is 0. The summed E-state index contributed by atoms with van der Waals surface area (Å²) in [5, 5.41) is 0. The molecule has 0 aliphatic carbocycles. The van der Waals surface area contributed by atoms with Crippen molar-refractivity contribution in [2.45, 2.75) is 0 Å². The first-order chi connectivity index (χ1) is 12.0. The molecule has 0 bridgehead atoms. The number of hydrogen-bond acceptors (Lipinski definition) is 5. The average molecular weight is 341 g/mol. The van der Waals surface area contributed by atoms with Crippen molar-refractivity contribution in [2.75, 3.05) is 40.3 Å². The Balaban J connectivity index is 2.27. The molecule has 0 heterocycles. The highest BCUT2D eigenvalue weighted by Gasteiger charge is 2.14. The first-order valence-electron chi connectivity index (χ1n) is 7.80. The number of carbonyl (C=O) groups is 1. The van der Waals surface area contributed by atoms with Crippen LogP contribution in [0.2, 0.25) is 0 Å². The molecule has 0 N–H and O–H groups in total. The molecule has 0 radical (unpaired) electrons. The lowest BCUT2D eigenvalue weighted by molar-refractivity contribution is 0.104. The molecule has 0 aliphatic heterocycles. The SMILES string of the molecule is COc1ccc(/C=C/C(=O)c2ccc(N(C)C)cc2)c(OC)c1OC. The smallest absolute Gasteiger partial charge is 0.203 e. The summed E-state index contributed by atoms with van der Waals surface area (Å²) in [6, 6.07) is 11.0. The van der Waals surface area contributed by atoms with Crippen molar-refractivity contribution in [1.82, 2.24) is 0 Å². The summed E-state index contributed by atoms with van der Waals surface area (Å²) >= 11 is 0. The third kappa shape index (κ3) is 4.12. The van der Waals surface area contributed by atoms with Crippen LogP contribution in [-0.2, 0) is 0 Å². The van der Waals surface area contributed by atoms with E-state index in [4.69, 9.17) is 14.2 Å². The van der Waals surface area contributed by atoms with Crippen LogP contribution >= 0.6 is 0 Å². The molecule has 0 aromatic heterocycles. The summed E-state index contributed by atoms with van der Waals surface area (Å²) in [7, 11) is 8.58. The number of anilines is 1. The number of benzene rings is 2. The number of nitrogens with zero attached hydrogens (tertiary/aromatic N) is 1. The minimum atomic E-state index is -0.0813. The Bertz CT molecular complexity index is 764. The number of allylic oxidation sites excluding steroid dienone is 1. The second kappa shape index (κ2) is 8.24. The van der Waals surface area contributed by atoms with Gasteiger partial charge in [0.2, 0.25) is 5.75 Å². The van der Waals surface area contributed by atoms with Gasteiger partial charge < -0.3 is 19.1 Å². The van der Waals surface area contributed by atoms with Crippen molar-refractivity contribution in [3.8, 4) is 17.2 Å². The summed E-state index contributed by atoms with van der Waals surface area (Å²) in [5.41, 5.74) is 2.40. The van der Waals surface area contributed by atoms with Crippen molar-refractivity contribution in [1.29, 1.82) is 0 Å². The standard InChI is InChI=1S/C20H23NO4/c1-21(2)16-10-6-14(7-11-16)17(22)12-8-15-9-13-18(23-3)20(25-5)19(15)24-4/h6-13H,1-5H3/b12-8+. The number of ketones is 1. The lowest BCUT2D eigenvalue weighted by atomic mass is 10.1. The minimum absolute atomic E-state index is 0.0813. The lowest BCUT2D eigenvalue weighted by Gasteiger charge is -2.14. The zero-order valence-corrected chi connectivity index (χ0v) is 15.2. The molecule has 2 aromatic carbocycles. The normalized spacial score (nSPS) is 10.6. The van der Waals surface area contributed by atoms with Gasteiger partial charge in [0, 0.05) is 30.9 Å². The van der Waals surface area contributed by atoms with Crippen LogP contribution in [0.3, 0.4) is 0 Å². The fourth-order valence-electron chi connectivity index (χ4n) is 2.44. The Kier molecular flexibility index (Phi) is 6.06. The molecule has 5 heteroatoms. The molecule has 0 fully saturated rings. The van der Waals surface area contributed by atoms with Crippen LogP contribution in [0.4, 0.5) is 5.69 Å². The molecule has 0 saturated carbocycles. The van der Waals surface area contributed by atoms with Gasteiger partial charge in [0.05, 0.1) is 21.3 Å². The molecule has 0 unspecified atom stereocenters. The van der Waals surface area contributed by atoms with Crippen LogP contribution in [0.5, 0.6) is 17.2 Å². The number of ether oxygens (including phenoxy) is 3. The van der Waals surface area contributed by atoms with Gasteiger partial charge in [-0.1, -0.05) is 0 Å². The number of carbonyl (C=O) groups excluding carboxylic acids is 1. The van der Waals surface area contributed by atoms with Gasteiger partial charge in [0.25, 0.3) is 0 Å². The van der Waals surface area contributed by atoms with Crippen molar-refractivity contribution >= 4 is 17.5 Å². The monoisotopic (exact) mass is 341 g/mol.